The minimum atomic E-state index is -0.534. The first-order valence-corrected chi connectivity index (χ1v) is 7.01. The zero-order chi connectivity index (χ0) is 14.7. The van der Waals surface area contributed by atoms with E-state index in [2.05, 4.69) is 52.5 Å². The molecule has 0 radical (unpaired) electrons. The van der Waals surface area contributed by atoms with Crippen LogP contribution in [-0.2, 0) is 0 Å². The van der Waals surface area contributed by atoms with E-state index in [0.29, 0.717) is 11.6 Å². The first-order chi connectivity index (χ1) is 9.51. The Balaban J connectivity index is 2.45. The number of aromatic nitrogens is 2. The van der Waals surface area contributed by atoms with Gasteiger partial charge in [0.15, 0.2) is 0 Å². The number of nitro groups is 1. The minimum absolute atomic E-state index is 0.119. The molecule has 20 heavy (non-hydrogen) atoms. The molecule has 0 saturated heterocycles. The van der Waals surface area contributed by atoms with Crippen LogP contribution in [0.15, 0.2) is 33.3 Å². The van der Waals surface area contributed by atoms with Crippen molar-refractivity contribution < 1.29 is 4.92 Å². The molecule has 1 heterocycles. The molecular weight excluding hydrogens is 394 g/mol. The van der Waals surface area contributed by atoms with Crippen LogP contribution < -0.4 is 10.6 Å². The third-order valence-corrected chi connectivity index (χ3v) is 3.56. The third-order valence-electron chi connectivity index (χ3n) is 2.37. The lowest BCUT2D eigenvalue weighted by Gasteiger charge is -2.09. The van der Waals surface area contributed by atoms with Crippen LogP contribution in [0.4, 0.5) is 23.1 Å². The first kappa shape index (κ1) is 14.7. The lowest BCUT2D eigenvalue weighted by Crippen LogP contribution is -2.04. The largest absolute Gasteiger partial charge is 0.357 e. The molecule has 2 rings (SSSR count). The highest BCUT2D eigenvalue weighted by molar-refractivity contribution is 9.11. The third kappa shape index (κ3) is 3.23. The average molecular weight is 403 g/mol. The number of nitrogens with zero attached hydrogens (tertiary/aromatic N) is 3. The van der Waals surface area contributed by atoms with Crippen LogP contribution in [-0.4, -0.2) is 21.9 Å². The van der Waals surface area contributed by atoms with Crippen LogP contribution in [0, 0.1) is 10.1 Å². The highest BCUT2D eigenvalue weighted by Crippen LogP contribution is 2.31. The summed E-state index contributed by atoms with van der Waals surface area (Å²) < 4.78 is 1.60. The molecule has 0 unspecified atom stereocenters. The summed E-state index contributed by atoms with van der Waals surface area (Å²) in [4.78, 5) is 18.4. The van der Waals surface area contributed by atoms with Crippen molar-refractivity contribution in [2.24, 2.45) is 0 Å². The summed E-state index contributed by atoms with van der Waals surface area (Å²) in [5.74, 6) is 0.414. The summed E-state index contributed by atoms with van der Waals surface area (Å²) in [6.07, 6.45) is 1.16. The maximum absolute atomic E-state index is 11.0. The predicted octanol–water partition coefficient (Wildman–Crippen LogP) is 3.70. The van der Waals surface area contributed by atoms with Crippen molar-refractivity contribution in [3.63, 3.8) is 0 Å². The molecule has 0 aliphatic heterocycles. The molecule has 0 aliphatic carbocycles. The number of anilines is 3. The van der Waals surface area contributed by atoms with Crippen molar-refractivity contribution in [3.05, 3.63) is 43.5 Å². The maximum atomic E-state index is 11.0. The van der Waals surface area contributed by atoms with E-state index in [9.17, 15) is 10.1 Å². The van der Waals surface area contributed by atoms with Gasteiger partial charge < -0.3 is 10.6 Å². The molecule has 0 bridgehead atoms. The van der Waals surface area contributed by atoms with Gasteiger partial charge in [0.25, 0.3) is 0 Å². The number of hydrogen-bond donors (Lipinski definition) is 2. The Labute approximate surface area is 131 Å². The molecule has 2 N–H and O–H groups in total. The van der Waals surface area contributed by atoms with E-state index in [4.69, 9.17) is 0 Å². The van der Waals surface area contributed by atoms with Crippen molar-refractivity contribution in [2.75, 3.05) is 17.7 Å². The van der Waals surface area contributed by atoms with Crippen LogP contribution in [0.25, 0.3) is 0 Å². The Hall–Kier alpha value is -1.74. The Morgan fingerprint density at radius 2 is 2.10 bits per heavy atom. The summed E-state index contributed by atoms with van der Waals surface area (Å²) in [7, 11) is 1.64. The Morgan fingerprint density at radius 1 is 1.35 bits per heavy atom. The lowest BCUT2D eigenvalue weighted by atomic mass is 10.3. The van der Waals surface area contributed by atoms with Gasteiger partial charge in [-0.3, -0.25) is 10.1 Å². The van der Waals surface area contributed by atoms with E-state index < -0.39 is 4.92 Å². The molecule has 1 aromatic heterocycles. The second-order valence-electron chi connectivity index (χ2n) is 3.68. The highest BCUT2D eigenvalue weighted by Gasteiger charge is 2.18. The van der Waals surface area contributed by atoms with Gasteiger partial charge in [0.1, 0.15) is 6.20 Å². The van der Waals surface area contributed by atoms with Gasteiger partial charge >= 0.3 is 5.69 Å². The number of hydrogen-bond acceptors (Lipinski definition) is 6. The van der Waals surface area contributed by atoms with Gasteiger partial charge in [-0.2, -0.15) is 4.98 Å². The SMILES string of the molecule is CNc1ncc([N+](=O)[O-])c(Nc2cc(Br)ccc2Br)n1. The molecule has 7 nitrogen and oxygen atoms in total. The van der Waals surface area contributed by atoms with Crippen LogP contribution in [0.2, 0.25) is 0 Å². The molecule has 0 atom stereocenters. The van der Waals surface area contributed by atoms with E-state index in [1.54, 1.807) is 13.1 Å². The predicted molar refractivity (Wildman–Crippen MR) is 83.4 cm³/mol. The van der Waals surface area contributed by atoms with Gasteiger partial charge in [0, 0.05) is 16.0 Å². The van der Waals surface area contributed by atoms with E-state index >= 15 is 0 Å². The molecule has 9 heteroatoms. The number of rotatable bonds is 4. The monoisotopic (exact) mass is 401 g/mol. The quantitative estimate of drug-likeness (QED) is 0.598. The fraction of sp³-hybridized carbons (Fsp3) is 0.0909. The van der Waals surface area contributed by atoms with E-state index in [1.807, 2.05) is 12.1 Å². The smallest absolute Gasteiger partial charge is 0.329 e. The van der Waals surface area contributed by atoms with Crippen LogP contribution in [0.1, 0.15) is 0 Å². The Morgan fingerprint density at radius 3 is 2.75 bits per heavy atom. The molecule has 0 spiro atoms. The second kappa shape index (κ2) is 6.14. The van der Waals surface area contributed by atoms with Crippen molar-refractivity contribution in [3.8, 4) is 0 Å². The highest BCUT2D eigenvalue weighted by atomic mass is 79.9. The Kier molecular flexibility index (Phi) is 4.50. The van der Waals surface area contributed by atoms with Gasteiger partial charge in [-0.05, 0) is 34.1 Å². The van der Waals surface area contributed by atoms with Gasteiger partial charge in [-0.15, -0.1) is 0 Å². The molecule has 2 aromatic rings. The second-order valence-corrected chi connectivity index (χ2v) is 5.45. The summed E-state index contributed by atoms with van der Waals surface area (Å²) in [6.45, 7) is 0. The van der Waals surface area contributed by atoms with Gasteiger partial charge in [-0.1, -0.05) is 15.9 Å². The molecular formula is C11H9Br2N5O2. The first-order valence-electron chi connectivity index (χ1n) is 5.42. The topological polar surface area (TPSA) is 93.0 Å². The van der Waals surface area contributed by atoms with Crippen LogP contribution in [0.5, 0.6) is 0 Å². The van der Waals surface area contributed by atoms with Gasteiger partial charge in [-0.25, -0.2) is 4.98 Å². The zero-order valence-corrected chi connectivity index (χ0v) is 13.4. The van der Waals surface area contributed by atoms with Crippen molar-refractivity contribution in [1.82, 2.24) is 9.97 Å². The summed E-state index contributed by atoms with van der Waals surface area (Å²) in [5, 5.41) is 16.7. The number of nitrogens with one attached hydrogen (secondary N) is 2. The molecule has 0 amide bonds. The van der Waals surface area contributed by atoms with Crippen molar-refractivity contribution in [2.45, 2.75) is 0 Å². The van der Waals surface area contributed by atoms with Crippen LogP contribution in [0.3, 0.4) is 0 Å². The summed E-state index contributed by atoms with van der Waals surface area (Å²) >= 11 is 6.72. The molecule has 1 aromatic carbocycles. The fourth-order valence-electron chi connectivity index (χ4n) is 1.44. The minimum Gasteiger partial charge on any atom is -0.357 e. The van der Waals surface area contributed by atoms with E-state index in [1.165, 1.54) is 0 Å². The Bertz CT molecular complexity index is 665. The molecule has 0 fully saturated rings. The average Bonchev–Trinajstić information content (AvgIpc) is 2.42. The normalized spacial score (nSPS) is 10.2. The molecule has 0 saturated carbocycles. The van der Waals surface area contributed by atoms with Gasteiger partial charge in [0.05, 0.1) is 10.6 Å². The standard InChI is InChI=1S/C11H9Br2N5O2/c1-14-11-15-5-9(18(19)20)10(17-11)16-8-4-6(12)2-3-7(8)13/h2-5H,1H3,(H2,14,15,16,17). The van der Waals surface area contributed by atoms with Crippen LogP contribution >= 0.6 is 31.9 Å². The number of benzene rings is 1. The summed E-state index contributed by atoms with van der Waals surface area (Å²) in [6, 6.07) is 5.45. The van der Waals surface area contributed by atoms with Gasteiger partial charge in [0.2, 0.25) is 11.8 Å². The number of halogens is 2. The fourth-order valence-corrected chi connectivity index (χ4v) is 2.15. The lowest BCUT2D eigenvalue weighted by molar-refractivity contribution is -0.384. The summed E-state index contributed by atoms with van der Waals surface area (Å²) in [5.41, 5.74) is 0.458. The van der Waals surface area contributed by atoms with Crippen molar-refractivity contribution in [1.29, 1.82) is 0 Å². The maximum Gasteiger partial charge on any atom is 0.329 e. The molecule has 0 aliphatic rings. The molecule has 104 valence electrons. The van der Waals surface area contributed by atoms with Crippen molar-refractivity contribution >= 4 is 55.0 Å². The van der Waals surface area contributed by atoms with E-state index in [0.717, 1.165) is 15.1 Å². The zero-order valence-electron chi connectivity index (χ0n) is 10.2. The van der Waals surface area contributed by atoms with E-state index in [-0.39, 0.29) is 11.5 Å².